The zero-order valence-corrected chi connectivity index (χ0v) is 14.3. The molecule has 3 rings (SSSR count). The largest absolute Gasteiger partial charge is 0.484 e. The van der Waals surface area contributed by atoms with Crippen LogP contribution in [0.1, 0.15) is 10.4 Å². The van der Waals surface area contributed by atoms with E-state index in [0.29, 0.717) is 17.3 Å². The molecule has 6 heteroatoms. The van der Waals surface area contributed by atoms with Crippen LogP contribution in [-0.2, 0) is 11.2 Å². The number of aromatic nitrogens is 1. The fourth-order valence-electron chi connectivity index (χ4n) is 2.10. The van der Waals surface area contributed by atoms with Gasteiger partial charge in [0, 0.05) is 22.5 Å². The Hall–Kier alpha value is -2.37. The molecule has 4 nitrogen and oxygen atoms in total. The summed E-state index contributed by atoms with van der Waals surface area (Å²) in [6, 6.07) is 16.9. The quantitative estimate of drug-likeness (QED) is 0.710. The molecule has 0 aliphatic rings. The standard InChI is InChI=1S/C18H15ClN2O2S/c19-16-9-5-4-6-13(16)10-15-11-20-18(24-15)21-17(22)12-23-14-7-2-1-3-8-14/h1-9,11H,10,12H2,(H,20,21,22). The van der Waals surface area contributed by atoms with Gasteiger partial charge in [0.25, 0.3) is 5.91 Å². The molecule has 0 aliphatic heterocycles. The zero-order chi connectivity index (χ0) is 16.8. The predicted molar refractivity (Wildman–Crippen MR) is 96.9 cm³/mol. The third-order valence-corrected chi connectivity index (χ3v) is 4.52. The molecule has 0 spiro atoms. The molecular formula is C18H15ClN2O2S. The summed E-state index contributed by atoms with van der Waals surface area (Å²) in [5.74, 6) is 0.420. The van der Waals surface area contributed by atoms with Gasteiger partial charge < -0.3 is 4.74 Å². The number of hydrogen-bond donors (Lipinski definition) is 1. The summed E-state index contributed by atoms with van der Waals surface area (Å²) < 4.78 is 5.41. The van der Waals surface area contributed by atoms with Gasteiger partial charge in [0.05, 0.1) is 0 Å². The van der Waals surface area contributed by atoms with Crippen molar-refractivity contribution >= 4 is 34.0 Å². The summed E-state index contributed by atoms with van der Waals surface area (Å²) in [5, 5.41) is 4.03. The number of para-hydroxylation sites is 1. The third kappa shape index (κ3) is 4.57. The minimum atomic E-state index is -0.238. The Balaban J connectivity index is 1.54. The van der Waals surface area contributed by atoms with E-state index >= 15 is 0 Å². The number of halogens is 1. The highest BCUT2D eigenvalue weighted by atomic mass is 35.5. The first-order valence-corrected chi connectivity index (χ1v) is 8.56. The van der Waals surface area contributed by atoms with E-state index in [-0.39, 0.29) is 12.5 Å². The van der Waals surface area contributed by atoms with Crippen molar-refractivity contribution in [3.8, 4) is 5.75 Å². The lowest BCUT2D eigenvalue weighted by Crippen LogP contribution is -2.19. The summed E-state index contributed by atoms with van der Waals surface area (Å²) in [5.41, 5.74) is 1.04. The van der Waals surface area contributed by atoms with E-state index < -0.39 is 0 Å². The van der Waals surface area contributed by atoms with E-state index in [0.717, 1.165) is 15.5 Å². The number of nitrogens with one attached hydrogen (secondary N) is 1. The van der Waals surface area contributed by atoms with E-state index in [1.165, 1.54) is 11.3 Å². The number of rotatable bonds is 6. The number of hydrogen-bond acceptors (Lipinski definition) is 4. The van der Waals surface area contributed by atoms with Crippen molar-refractivity contribution in [2.75, 3.05) is 11.9 Å². The Kier molecular flexibility index (Phi) is 5.46. The van der Waals surface area contributed by atoms with Crippen molar-refractivity contribution in [2.45, 2.75) is 6.42 Å². The molecule has 0 aliphatic carbocycles. The van der Waals surface area contributed by atoms with E-state index in [1.807, 2.05) is 42.5 Å². The van der Waals surface area contributed by atoms with Gasteiger partial charge >= 0.3 is 0 Å². The molecule has 24 heavy (non-hydrogen) atoms. The molecule has 122 valence electrons. The van der Waals surface area contributed by atoms with E-state index in [2.05, 4.69) is 10.3 Å². The molecular weight excluding hydrogens is 344 g/mol. The van der Waals surface area contributed by atoms with Crippen LogP contribution in [0.25, 0.3) is 0 Å². The Morgan fingerprint density at radius 3 is 2.67 bits per heavy atom. The van der Waals surface area contributed by atoms with Gasteiger partial charge in [-0.3, -0.25) is 10.1 Å². The first-order chi connectivity index (χ1) is 11.7. The maximum atomic E-state index is 11.9. The summed E-state index contributed by atoms with van der Waals surface area (Å²) in [6.45, 7) is -0.0521. The zero-order valence-electron chi connectivity index (χ0n) is 12.7. The van der Waals surface area contributed by atoms with Crippen molar-refractivity contribution in [3.63, 3.8) is 0 Å². The molecule has 2 aromatic carbocycles. The molecule has 1 aromatic heterocycles. The number of anilines is 1. The number of nitrogens with zero attached hydrogens (tertiary/aromatic N) is 1. The second-order valence-electron chi connectivity index (χ2n) is 5.05. The van der Waals surface area contributed by atoms with Gasteiger partial charge in [0.1, 0.15) is 5.75 Å². The average Bonchev–Trinajstić information content (AvgIpc) is 3.03. The second kappa shape index (κ2) is 7.95. The molecule has 0 saturated carbocycles. The van der Waals surface area contributed by atoms with Gasteiger partial charge in [0.2, 0.25) is 0 Å². The van der Waals surface area contributed by atoms with Crippen molar-refractivity contribution < 1.29 is 9.53 Å². The van der Waals surface area contributed by atoms with E-state index in [4.69, 9.17) is 16.3 Å². The van der Waals surface area contributed by atoms with Crippen molar-refractivity contribution in [2.24, 2.45) is 0 Å². The number of carbonyl (C=O) groups excluding carboxylic acids is 1. The Labute approximate surface area is 149 Å². The van der Waals surface area contributed by atoms with Crippen LogP contribution in [0.3, 0.4) is 0 Å². The van der Waals surface area contributed by atoms with Gasteiger partial charge in [-0.1, -0.05) is 48.0 Å². The monoisotopic (exact) mass is 358 g/mol. The van der Waals surface area contributed by atoms with Crippen LogP contribution >= 0.6 is 22.9 Å². The molecule has 1 N–H and O–H groups in total. The lowest BCUT2D eigenvalue weighted by Gasteiger charge is -2.05. The molecule has 1 heterocycles. The lowest BCUT2D eigenvalue weighted by atomic mass is 10.1. The average molecular weight is 359 g/mol. The van der Waals surface area contributed by atoms with Crippen LogP contribution in [-0.4, -0.2) is 17.5 Å². The fraction of sp³-hybridized carbons (Fsp3) is 0.111. The summed E-state index contributed by atoms with van der Waals surface area (Å²) in [4.78, 5) is 17.2. The van der Waals surface area contributed by atoms with Gasteiger partial charge in [-0.2, -0.15) is 0 Å². The maximum Gasteiger partial charge on any atom is 0.264 e. The second-order valence-corrected chi connectivity index (χ2v) is 6.57. The van der Waals surface area contributed by atoms with Crippen LogP contribution in [0.5, 0.6) is 5.75 Å². The van der Waals surface area contributed by atoms with Crippen LogP contribution < -0.4 is 10.1 Å². The first-order valence-electron chi connectivity index (χ1n) is 7.36. The molecule has 1 amide bonds. The predicted octanol–water partition coefficient (Wildman–Crippen LogP) is 4.40. The maximum absolute atomic E-state index is 11.9. The topological polar surface area (TPSA) is 51.2 Å². The molecule has 0 atom stereocenters. The minimum absolute atomic E-state index is 0.0521. The van der Waals surface area contributed by atoms with Crippen molar-refractivity contribution in [3.05, 3.63) is 76.3 Å². The molecule has 0 saturated heterocycles. The third-order valence-electron chi connectivity index (χ3n) is 3.24. The van der Waals surface area contributed by atoms with Crippen LogP contribution in [0.15, 0.2) is 60.8 Å². The molecule has 3 aromatic rings. The van der Waals surface area contributed by atoms with E-state index in [9.17, 15) is 4.79 Å². The summed E-state index contributed by atoms with van der Waals surface area (Å²) in [6.07, 6.45) is 2.44. The van der Waals surface area contributed by atoms with Gasteiger partial charge in [-0.15, -0.1) is 11.3 Å². The van der Waals surface area contributed by atoms with Crippen LogP contribution in [0, 0.1) is 0 Å². The molecule has 0 bridgehead atoms. The normalized spacial score (nSPS) is 10.4. The van der Waals surface area contributed by atoms with Gasteiger partial charge in [-0.05, 0) is 23.8 Å². The van der Waals surface area contributed by atoms with Gasteiger partial charge in [0.15, 0.2) is 11.7 Å². The Bertz CT molecular complexity index is 821. The number of thiazole rings is 1. The first kappa shape index (κ1) is 16.5. The highest BCUT2D eigenvalue weighted by Gasteiger charge is 2.09. The number of benzene rings is 2. The SMILES string of the molecule is O=C(COc1ccccc1)Nc1ncc(Cc2ccccc2Cl)s1. The van der Waals surface area contributed by atoms with Crippen LogP contribution in [0.2, 0.25) is 5.02 Å². The highest BCUT2D eigenvalue weighted by molar-refractivity contribution is 7.15. The Morgan fingerprint density at radius 1 is 1.12 bits per heavy atom. The molecule has 0 fully saturated rings. The van der Waals surface area contributed by atoms with Gasteiger partial charge in [-0.25, -0.2) is 4.98 Å². The highest BCUT2D eigenvalue weighted by Crippen LogP contribution is 2.24. The smallest absolute Gasteiger partial charge is 0.264 e. The fourth-order valence-corrected chi connectivity index (χ4v) is 3.15. The van der Waals surface area contributed by atoms with E-state index in [1.54, 1.807) is 18.3 Å². The lowest BCUT2D eigenvalue weighted by molar-refractivity contribution is -0.118. The Morgan fingerprint density at radius 2 is 1.88 bits per heavy atom. The van der Waals surface area contributed by atoms with Crippen molar-refractivity contribution in [1.82, 2.24) is 4.98 Å². The molecule has 0 radical (unpaired) electrons. The number of carbonyl (C=O) groups is 1. The summed E-state index contributed by atoms with van der Waals surface area (Å²) in [7, 11) is 0. The van der Waals surface area contributed by atoms with Crippen LogP contribution in [0.4, 0.5) is 5.13 Å². The summed E-state index contributed by atoms with van der Waals surface area (Å²) >= 11 is 7.59. The van der Waals surface area contributed by atoms with Crippen molar-refractivity contribution in [1.29, 1.82) is 0 Å². The number of ether oxygens (including phenoxy) is 1. The molecule has 0 unspecified atom stereocenters. The number of amides is 1. The minimum Gasteiger partial charge on any atom is -0.484 e.